The molecule has 1 aromatic carbocycles. The highest BCUT2D eigenvalue weighted by atomic mass is 35.5. The first-order valence-corrected chi connectivity index (χ1v) is 12.3. The van der Waals surface area contributed by atoms with Gasteiger partial charge in [-0.05, 0) is 74.0 Å². The van der Waals surface area contributed by atoms with Gasteiger partial charge >= 0.3 is 0 Å². The van der Waals surface area contributed by atoms with Gasteiger partial charge in [-0.3, -0.25) is 4.79 Å². The van der Waals surface area contributed by atoms with E-state index in [9.17, 15) is 4.79 Å². The molecule has 7 heteroatoms. The van der Waals surface area contributed by atoms with Crippen molar-refractivity contribution in [2.75, 3.05) is 24.6 Å². The van der Waals surface area contributed by atoms with Crippen molar-refractivity contribution < 1.29 is 9.53 Å². The standard InChI is InChI=1S/C25H31ClN4O2/c26-20-15-27-25(28-16-20)30-10-7-18(8-11-30)23-14-19(23)9-12-32-22-5-1-17(2-6-22)13-24(31)29-21-3-4-21/h1-2,5-6,15-16,18-19,21,23H,3-4,7-14H2,(H,29,31). The summed E-state index contributed by atoms with van der Waals surface area (Å²) in [5.74, 6) is 4.26. The van der Waals surface area contributed by atoms with Crippen LogP contribution in [-0.4, -0.2) is 41.6 Å². The molecule has 0 spiro atoms. The molecule has 1 aromatic heterocycles. The van der Waals surface area contributed by atoms with Crippen LogP contribution in [-0.2, 0) is 11.2 Å². The summed E-state index contributed by atoms with van der Waals surface area (Å²) in [7, 11) is 0. The van der Waals surface area contributed by atoms with Crippen LogP contribution in [0, 0.1) is 17.8 Å². The average Bonchev–Trinajstić information content (AvgIpc) is 3.73. The molecular weight excluding hydrogens is 424 g/mol. The van der Waals surface area contributed by atoms with Gasteiger partial charge in [0.05, 0.1) is 30.4 Å². The molecule has 170 valence electrons. The molecule has 2 aliphatic carbocycles. The topological polar surface area (TPSA) is 67.3 Å². The van der Waals surface area contributed by atoms with Crippen LogP contribution in [0.5, 0.6) is 5.75 Å². The van der Waals surface area contributed by atoms with Gasteiger partial charge in [0, 0.05) is 19.1 Å². The summed E-state index contributed by atoms with van der Waals surface area (Å²) in [5, 5.41) is 3.61. The molecule has 2 atom stereocenters. The van der Waals surface area contributed by atoms with Crippen molar-refractivity contribution in [3.8, 4) is 5.75 Å². The first-order valence-electron chi connectivity index (χ1n) is 11.9. The van der Waals surface area contributed by atoms with Crippen molar-refractivity contribution in [3.63, 3.8) is 0 Å². The first-order chi connectivity index (χ1) is 15.6. The van der Waals surface area contributed by atoms with E-state index in [1.165, 1.54) is 19.3 Å². The smallest absolute Gasteiger partial charge is 0.225 e. The van der Waals surface area contributed by atoms with E-state index >= 15 is 0 Å². The van der Waals surface area contributed by atoms with E-state index < -0.39 is 0 Å². The Labute approximate surface area is 194 Å². The molecule has 3 aliphatic rings. The van der Waals surface area contributed by atoms with Crippen LogP contribution in [0.3, 0.4) is 0 Å². The number of carbonyl (C=O) groups excluding carboxylic acids is 1. The Morgan fingerprint density at radius 1 is 1.09 bits per heavy atom. The third kappa shape index (κ3) is 5.71. The summed E-state index contributed by atoms with van der Waals surface area (Å²) < 4.78 is 5.98. The number of ether oxygens (including phenoxy) is 1. The molecule has 2 unspecified atom stereocenters. The minimum Gasteiger partial charge on any atom is -0.494 e. The molecule has 1 N–H and O–H groups in total. The number of hydrogen-bond acceptors (Lipinski definition) is 5. The normalized spacial score (nSPS) is 23.1. The summed E-state index contributed by atoms with van der Waals surface area (Å²) in [5.41, 5.74) is 1.04. The Hall–Kier alpha value is -2.34. The zero-order chi connectivity index (χ0) is 21.9. The van der Waals surface area contributed by atoms with Gasteiger partial charge in [-0.25, -0.2) is 9.97 Å². The number of aromatic nitrogens is 2. The largest absolute Gasteiger partial charge is 0.494 e. The summed E-state index contributed by atoms with van der Waals surface area (Å²) in [6, 6.07) is 8.39. The number of anilines is 1. The molecule has 2 heterocycles. The molecule has 2 aromatic rings. The van der Waals surface area contributed by atoms with Gasteiger partial charge in [0.2, 0.25) is 11.9 Å². The number of benzene rings is 1. The van der Waals surface area contributed by atoms with Gasteiger partial charge in [0.25, 0.3) is 0 Å². The van der Waals surface area contributed by atoms with Crippen molar-refractivity contribution in [3.05, 3.63) is 47.2 Å². The molecule has 2 saturated carbocycles. The fraction of sp³-hybridized carbons (Fsp3) is 0.560. The Morgan fingerprint density at radius 3 is 2.50 bits per heavy atom. The van der Waals surface area contributed by atoms with Gasteiger partial charge in [-0.2, -0.15) is 0 Å². The average molecular weight is 455 g/mol. The van der Waals surface area contributed by atoms with Crippen LogP contribution in [0.15, 0.2) is 36.7 Å². The Balaban J connectivity index is 0.990. The van der Waals surface area contributed by atoms with E-state index in [2.05, 4.69) is 20.2 Å². The SMILES string of the molecule is O=C(Cc1ccc(OCCC2CC2C2CCN(c3ncc(Cl)cn3)CC2)cc1)NC1CC1. The quantitative estimate of drug-likeness (QED) is 0.612. The fourth-order valence-electron chi connectivity index (χ4n) is 4.90. The van der Waals surface area contributed by atoms with Gasteiger partial charge in [0.1, 0.15) is 5.75 Å². The van der Waals surface area contributed by atoms with Crippen LogP contribution in [0.4, 0.5) is 5.95 Å². The predicted octanol–water partition coefficient (Wildman–Crippen LogP) is 4.27. The number of nitrogens with zero attached hydrogens (tertiary/aromatic N) is 3. The van der Waals surface area contributed by atoms with Gasteiger partial charge < -0.3 is 15.0 Å². The minimum absolute atomic E-state index is 0.118. The predicted molar refractivity (Wildman–Crippen MR) is 125 cm³/mol. The van der Waals surface area contributed by atoms with Crippen LogP contribution >= 0.6 is 11.6 Å². The van der Waals surface area contributed by atoms with E-state index in [4.69, 9.17) is 16.3 Å². The second kappa shape index (κ2) is 9.65. The molecule has 32 heavy (non-hydrogen) atoms. The second-order valence-corrected chi connectivity index (χ2v) is 9.92. The molecule has 1 saturated heterocycles. The minimum atomic E-state index is 0.118. The Morgan fingerprint density at radius 2 is 1.81 bits per heavy atom. The molecule has 5 rings (SSSR count). The van der Waals surface area contributed by atoms with Crippen molar-refractivity contribution >= 4 is 23.5 Å². The maximum atomic E-state index is 11.9. The van der Waals surface area contributed by atoms with E-state index in [1.54, 1.807) is 12.4 Å². The Kier molecular flexibility index (Phi) is 6.49. The van der Waals surface area contributed by atoms with E-state index in [-0.39, 0.29) is 5.91 Å². The van der Waals surface area contributed by atoms with Crippen molar-refractivity contribution in [2.24, 2.45) is 17.8 Å². The number of halogens is 1. The van der Waals surface area contributed by atoms with Crippen molar-refractivity contribution in [2.45, 2.75) is 51.0 Å². The molecule has 0 radical (unpaired) electrons. The number of hydrogen-bond donors (Lipinski definition) is 1. The highest BCUT2D eigenvalue weighted by Gasteiger charge is 2.43. The van der Waals surface area contributed by atoms with Gasteiger partial charge in [0.15, 0.2) is 0 Å². The third-order valence-corrected chi connectivity index (χ3v) is 7.19. The molecule has 3 fully saturated rings. The van der Waals surface area contributed by atoms with Gasteiger partial charge in [-0.1, -0.05) is 23.7 Å². The lowest BCUT2D eigenvalue weighted by Crippen LogP contribution is -2.35. The highest BCUT2D eigenvalue weighted by Crippen LogP contribution is 2.49. The number of carbonyl (C=O) groups is 1. The summed E-state index contributed by atoms with van der Waals surface area (Å²) in [6.45, 7) is 2.81. The zero-order valence-electron chi connectivity index (χ0n) is 18.4. The molecular formula is C25H31ClN4O2. The maximum Gasteiger partial charge on any atom is 0.225 e. The zero-order valence-corrected chi connectivity index (χ0v) is 19.1. The molecule has 6 nitrogen and oxygen atoms in total. The maximum absolute atomic E-state index is 11.9. The third-order valence-electron chi connectivity index (χ3n) is 7.00. The molecule has 1 aliphatic heterocycles. The number of amides is 1. The van der Waals surface area contributed by atoms with Crippen LogP contribution in [0.25, 0.3) is 0 Å². The Bertz CT molecular complexity index is 909. The number of nitrogens with one attached hydrogen (secondary N) is 1. The van der Waals surface area contributed by atoms with E-state index in [1.807, 2.05) is 24.3 Å². The monoisotopic (exact) mass is 454 g/mol. The van der Waals surface area contributed by atoms with Crippen molar-refractivity contribution in [1.82, 2.24) is 15.3 Å². The summed E-state index contributed by atoms with van der Waals surface area (Å²) in [4.78, 5) is 22.9. The van der Waals surface area contributed by atoms with E-state index in [0.717, 1.165) is 74.0 Å². The van der Waals surface area contributed by atoms with E-state index in [0.29, 0.717) is 17.5 Å². The van der Waals surface area contributed by atoms with Gasteiger partial charge in [-0.15, -0.1) is 0 Å². The molecule has 0 bridgehead atoms. The summed E-state index contributed by atoms with van der Waals surface area (Å²) >= 11 is 5.89. The lowest BCUT2D eigenvalue weighted by atomic mass is 9.90. The second-order valence-electron chi connectivity index (χ2n) is 9.49. The summed E-state index contributed by atoms with van der Waals surface area (Å²) in [6.07, 6.45) is 10.9. The highest BCUT2D eigenvalue weighted by molar-refractivity contribution is 6.30. The van der Waals surface area contributed by atoms with Crippen LogP contribution in [0.1, 0.15) is 44.1 Å². The number of piperidine rings is 1. The lowest BCUT2D eigenvalue weighted by molar-refractivity contribution is -0.120. The molecule has 1 amide bonds. The fourth-order valence-corrected chi connectivity index (χ4v) is 5.00. The van der Waals surface area contributed by atoms with Crippen molar-refractivity contribution in [1.29, 1.82) is 0 Å². The first kappa shape index (κ1) is 21.5. The lowest BCUT2D eigenvalue weighted by Gasteiger charge is -2.32. The van der Waals surface area contributed by atoms with Crippen LogP contribution < -0.4 is 15.0 Å². The number of rotatable bonds is 9. The van der Waals surface area contributed by atoms with Crippen LogP contribution in [0.2, 0.25) is 5.02 Å².